The Morgan fingerprint density at radius 3 is 1.47 bits per heavy atom. The van der Waals surface area contributed by atoms with Crippen LogP contribution in [-0.4, -0.2) is 117 Å². The number of esters is 2. The second kappa shape index (κ2) is 22.9. The molecular formula is C42H55NO12. The second-order valence-corrected chi connectivity index (χ2v) is 12.9. The number of ether oxygens (including phenoxy) is 10. The van der Waals surface area contributed by atoms with Gasteiger partial charge in [0.05, 0.1) is 82.1 Å². The summed E-state index contributed by atoms with van der Waals surface area (Å²) in [6.07, 6.45) is 0.894. The first-order chi connectivity index (χ1) is 26.7. The van der Waals surface area contributed by atoms with Crippen molar-refractivity contribution in [2.45, 2.75) is 52.7 Å². The molecule has 4 rings (SSSR count). The molecule has 0 unspecified atom stereocenters. The summed E-state index contributed by atoms with van der Waals surface area (Å²) in [6, 6.07) is 14.0. The van der Waals surface area contributed by atoms with Crippen LogP contribution in [0.15, 0.2) is 48.5 Å². The molecule has 0 aliphatic carbocycles. The molecule has 0 saturated carbocycles. The minimum atomic E-state index is -0.625. The van der Waals surface area contributed by atoms with E-state index >= 15 is 0 Å². The van der Waals surface area contributed by atoms with Crippen LogP contribution in [0.25, 0.3) is 21.8 Å². The summed E-state index contributed by atoms with van der Waals surface area (Å²) < 4.78 is 57.4. The number of aromatic nitrogens is 1. The molecule has 3 aromatic carbocycles. The lowest BCUT2D eigenvalue weighted by Crippen LogP contribution is -2.30. The van der Waals surface area contributed by atoms with Gasteiger partial charge in [-0.25, -0.2) is 14.6 Å². The zero-order chi connectivity index (χ0) is 39.6. The van der Waals surface area contributed by atoms with Gasteiger partial charge in [-0.05, 0) is 86.3 Å². The summed E-state index contributed by atoms with van der Waals surface area (Å²) in [5.74, 6) is 0.206. The standard InChI is InChI=1S/C42H55NO12/c1-8-14-49-24-33(25-50-15-9-2)53-31-10-12-37-35(22-31)39(42(45)55-40-28(3)20-30(21-29(40)4)41(44)48-7)36-23-32(11-13-38(36)43-37)54-34(26-51-18-16-46-5)27-52-19-17-47-6/h10-13,20-23,33-34H,8-9,14-19,24-27H2,1-7H3. The van der Waals surface area contributed by atoms with Crippen LogP contribution in [0.2, 0.25) is 0 Å². The Morgan fingerprint density at radius 2 is 1.05 bits per heavy atom. The van der Waals surface area contributed by atoms with E-state index < -0.39 is 18.0 Å². The van der Waals surface area contributed by atoms with E-state index in [2.05, 4.69) is 0 Å². The smallest absolute Gasteiger partial charge is 0.344 e. The first kappa shape index (κ1) is 43.4. The molecule has 0 saturated heterocycles. The van der Waals surface area contributed by atoms with Gasteiger partial charge >= 0.3 is 11.9 Å². The Bertz CT molecular complexity index is 1780. The Balaban J connectivity index is 1.79. The van der Waals surface area contributed by atoms with Crippen molar-refractivity contribution in [3.05, 3.63) is 70.8 Å². The van der Waals surface area contributed by atoms with E-state index in [4.69, 9.17) is 52.4 Å². The van der Waals surface area contributed by atoms with Crippen LogP contribution in [0.4, 0.5) is 0 Å². The number of hydrogen-bond acceptors (Lipinski definition) is 13. The van der Waals surface area contributed by atoms with Crippen LogP contribution in [0.5, 0.6) is 17.2 Å². The number of carbonyl (C=O) groups is 2. The summed E-state index contributed by atoms with van der Waals surface area (Å²) in [6.45, 7) is 11.6. The molecule has 0 spiro atoms. The quantitative estimate of drug-likeness (QED) is 0.0307. The molecule has 0 bridgehead atoms. The topological polar surface area (TPSA) is 139 Å². The summed E-state index contributed by atoms with van der Waals surface area (Å²) in [5.41, 5.74) is 2.92. The number of rotatable bonds is 25. The summed E-state index contributed by atoms with van der Waals surface area (Å²) in [5, 5.41) is 1.01. The van der Waals surface area contributed by atoms with Crippen molar-refractivity contribution in [3.63, 3.8) is 0 Å². The average Bonchev–Trinajstić information content (AvgIpc) is 3.18. The van der Waals surface area contributed by atoms with Crippen LogP contribution in [0.3, 0.4) is 0 Å². The van der Waals surface area contributed by atoms with Gasteiger partial charge < -0.3 is 47.4 Å². The van der Waals surface area contributed by atoms with Gasteiger partial charge in [0.15, 0.2) is 0 Å². The number of pyridine rings is 1. The number of fused-ring (bicyclic) bond motifs is 2. The first-order valence-electron chi connectivity index (χ1n) is 18.6. The molecule has 300 valence electrons. The Labute approximate surface area is 323 Å². The van der Waals surface area contributed by atoms with Gasteiger partial charge in [-0.2, -0.15) is 0 Å². The average molecular weight is 766 g/mol. The predicted octanol–water partition coefficient (Wildman–Crippen LogP) is 6.68. The van der Waals surface area contributed by atoms with Gasteiger partial charge in [0, 0.05) is 38.2 Å². The summed E-state index contributed by atoms with van der Waals surface area (Å²) >= 11 is 0. The molecule has 0 fully saturated rings. The van der Waals surface area contributed by atoms with Gasteiger partial charge in [0.25, 0.3) is 0 Å². The van der Waals surface area contributed by atoms with Gasteiger partial charge in [-0.3, -0.25) is 0 Å². The lowest BCUT2D eigenvalue weighted by Gasteiger charge is -2.21. The Hall–Kier alpha value is -4.37. The van der Waals surface area contributed by atoms with Crippen LogP contribution in [0, 0.1) is 13.8 Å². The predicted molar refractivity (Wildman–Crippen MR) is 208 cm³/mol. The third-order valence-electron chi connectivity index (χ3n) is 8.38. The summed E-state index contributed by atoms with van der Waals surface area (Å²) in [7, 11) is 4.54. The molecule has 1 aromatic heterocycles. The van der Waals surface area contributed by atoms with Crippen LogP contribution in [0.1, 0.15) is 58.5 Å². The lowest BCUT2D eigenvalue weighted by atomic mass is 10.0. The van der Waals surface area contributed by atoms with E-state index in [1.807, 2.05) is 26.0 Å². The van der Waals surface area contributed by atoms with E-state index in [-0.39, 0.29) is 24.9 Å². The van der Waals surface area contributed by atoms with Gasteiger partial charge in [-0.1, -0.05) is 13.8 Å². The molecule has 0 N–H and O–H groups in total. The van der Waals surface area contributed by atoms with Crippen molar-refractivity contribution >= 4 is 33.7 Å². The minimum absolute atomic E-state index is 0.241. The Morgan fingerprint density at radius 1 is 0.600 bits per heavy atom. The molecule has 0 atom stereocenters. The molecule has 0 amide bonds. The first-order valence-corrected chi connectivity index (χ1v) is 18.6. The van der Waals surface area contributed by atoms with Gasteiger partial charge in [0.1, 0.15) is 29.5 Å². The maximum atomic E-state index is 14.5. The number of hydrogen-bond donors (Lipinski definition) is 0. The SMILES string of the molecule is CCCOCC(COCCC)Oc1ccc2nc3ccc(OC(COCCOC)COCCOC)cc3c(C(=O)Oc3c(C)cc(C(=O)OC)cc3C)c2c1. The number of methoxy groups -OCH3 is 3. The van der Waals surface area contributed by atoms with Crippen LogP contribution < -0.4 is 14.2 Å². The van der Waals surface area contributed by atoms with Gasteiger partial charge in [-0.15, -0.1) is 0 Å². The highest BCUT2D eigenvalue weighted by Crippen LogP contribution is 2.34. The fourth-order valence-electron chi connectivity index (χ4n) is 5.81. The van der Waals surface area contributed by atoms with E-state index in [9.17, 15) is 9.59 Å². The maximum Gasteiger partial charge on any atom is 0.344 e. The van der Waals surface area contributed by atoms with Crippen molar-refractivity contribution in [1.29, 1.82) is 0 Å². The van der Waals surface area contributed by atoms with Crippen molar-refractivity contribution in [2.75, 3.05) is 87.4 Å². The number of carbonyl (C=O) groups excluding carboxylic acids is 2. The molecule has 0 aliphatic rings. The highest BCUT2D eigenvalue weighted by atomic mass is 16.6. The van der Waals surface area contributed by atoms with E-state index in [1.165, 1.54) is 7.11 Å². The molecule has 4 aromatic rings. The van der Waals surface area contributed by atoms with Crippen molar-refractivity contribution in [1.82, 2.24) is 4.98 Å². The molecular weight excluding hydrogens is 710 g/mol. The zero-order valence-corrected chi connectivity index (χ0v) is 33.1. The fraction of sp³-hybridized carbons (Fsp3) is 0.500. The third-order valence-corrected chi connectivity index (χ3v) is 8.38. The zero-order valence-electron chi connectivity index (χ0n) is 33.1. The maximum absolute atomic E-state index is 14.5. The number of benzene rings is 3. The van der Waals surface area contributed by atoms with Crippen molar-refractivity contribution in [3.8, 4) is 17.2 Å². The molecule has 55 heavy (non-hydrogen) atoms. The molecule has 0 aliphatic heterocycles. The number of aryl methyl sites for hydroxylation is 2. The van der Waals surface area contributed by atoms with Crippen LogP contribution in [-0.2, 0) is 33.2 Å². The Kier molecular flexibility index (Phi) is 18.0. The fourth-order valence-corrected chi connectivity index (χ4v) is 5.81. The van der Waals surface area contributed by atoms with Crippen molar-refractivity contribution in [2.24, 2.45) is 0 Å². The summed E-state index contributed by atoms with van der Waals surface area (Å²) in [4.78, 5) is 31.7. The van der Waals surface area contributed by atoms with E-state index in [1.54, 1.807) is 64.5 Å². The normalized spacial score (nSPS) is 11.5. The number of nitrogens with zero attached hydrogens (tertiary/aromatic N) is 1. The lowest BCUT2D eigenvalue weighted by molar-refractivity contribution is -0.0254. The minimum Gasteiger partial charge on any atom is -0.486 e. The van der Waals surface area contributed by atoms with E-state index in [0.29, 0.717) is 109 Å². The monoisotopic (exact) mass is 765 g/mol. The second-order valence-electron chi connectivity index (χ2n) is 12.9. The highest BCUT2D eigenvalue weighted by Gasteiger charge is 2.23. The molecule has 0 radical (unpaired) electrons. The molecule has 1 heterocycles. The molecule has 13 nitrogen and oxygen atoms in total. The highest BCUT2D eigenvalue weighted by molar-refractivity contribution is 6.15. The van der Waals surface area contributed by atoms with Crippen LogP contribution >= 0.6 is 0 Å². The van der Waals surface area contributed by atoms with Gasteiger partial charge in [0.2, 0.25) is 0 Å². The van der Waals surface area contributed by atoms with Crippen molar-refractivity contribution < 1.29 is 57.0 Å². The third kappa shape index (κ3) is 12.8. The van der Waals surface area contributed by atoms with E-state index in [0.717, 1.165) is 12.8 Å². The largest absolute Gasteiger partial charge is 0.486 e. The molecule has 13 heteroatoms.